The minimum atomic E-state index is 0.0874. The van der Waals surface area contributed by atoms with Crippen molar-refractivity contribution in [2.45, 2.75) is 39.7 Å². The number of anilines is 2. The number of benzene rings is 1. The maximum atomic E-state index is 11.8. The summed E-state index contributed by atoms with van der Waals surface area (Å²) < 4.78 is 0. The Bertz CT molecular complexity index is 687. The van der Waals surface area contributed by atoms with E-state index in [1.165, 1.54) is 0 Å². The van der Waals surface area contributed by atoms with Gasteiger partial charge in [-0.3, -0.25) is 4.79 Å². The molecule has 1 fully saturated rings. The zero-order chi connectivity index (χ0) is 16.4. The largest absolute Gasteiger partial charge is 0.348 e. The summed E-state index contributed by atoms with van der Waals surface area (Å²) in [6.07, 6.45) is 2.03. The molecule has 1 aliphatic rings. The zero-order valence-corrected chi connectivity index (χ0v) is 13.8. The van der Waals surface area contributed by atoms with Crippen LogP contribution in [0.15, 0.2) is 30.3 Å². The molecule has 3 rings (SSSR count). The average molecular weight is 310 g/mol. The second kappa shape index (κ2) is 6.36. The standard InChI is InChI=1S/C18H22N4O/c1-11-10-12(2)20-18(19-11)21-13(3)14-6-8-16(9-7-14)22-17(23)15-4-5-15/h6-10,13,15H,4-5H2,1-3H3,(H,22,23)(H,19,20,21). The Morgan fingerprint density at radius 3 is 2.30 bits per heavy atom. The maximum absolute atomic E-state index is 11.8. The topological polar surface area (TPSA) is 66.9 Å². The van der Waals surface area contributed by atoms with Crippen LogP contribution in [0, 0.1) is 19.8 Å². The number of nitrogens with one attached hydrogen (secondary N) is 2. The Morgan fingerprint density at radius 2 is 1.74 bits per heavy atom. The molecular formula is C18H22N4O. The van der Waals surface area contributed by atoms with Gasteiger partial charge in [0.2, 0.25) is 11.9 Å². The first kappa shape index (κ1) is 15.5. The fraction of sp³-hybridized carbons (Fsp3) is 0.389. The van der Waals surface area contributed by atoms with E-state index in [-0.39, 0.29) is 17.9 Å². The summed E-state index contributed by atoms with van der Waals surface area (Å²) in [5.74, 6) is 0.991. The molecule has 0 bridgehead atoms. The molecule has 0 saturated heterocycles. The fourth-order valence-corrected chi connectivity index (χ4v) is 2.51. The molecule has 23 heavy (non-hydrogen) atoms. The highest BCUT2D eigenvalue weighted by Crippen LogP contribution is 2.30. The molecule has 120 valence electrons. The van der Waals surface area contributed by atoms with Crippen molar-refractivity contribution in [3.05, 3.63) is 47.3 Å². The van der Waals surface area contributed by atoms with Crippen LogP contribution in [-0.4, -0.2) is 15.9 Å². The molecule has 1 aromatic heterocycles. The van der Waals surface area contributed by atoms with E-state index in [0.29, 0.717) is 5.95 Å². The van der Waals surface area contributed by atoms with Gasteiger partial charge in [0.1, 0.15) is 0 Å². The number of nitrogens with zero attached hydrogens (tertiary/aromatic N) is 2. The van der Waals surface area contributed by atoms with E-state index >= 15 is 0 Å². The number of aromatic nitrogens is 2. The number of aryl methyl sites for hydroxylation is 2. The van der Waals surface area contributed by atoms with Gasteiger partial charge in [0.25, 0.3) is 0 Å². The number of amides is 1. The van der Waals surface area contributed by atoms with Crippen LogP contribution in [0.1, 0.15) is 42.8 Å². The molecule has 0 spiro atoms. The lowest BCUT2D eigenvalue weighted by Crippen LogP contribution is -2.13. The number of carbonyl (C=O) groups is 1. The molecular weight excluding hydrogens is 288 g/mol. The highest BCUT2D eigenvalue weighted by molar-refractivity contribution is 5.94. The molecule has 5 nitrogen and oxygen atoms in total. The third kappa shape index (κ3) is 4.06. The highest BCUT2D eigenvalue weighted by Gasteiger charge is 2.29. The van der Waals surface area contributed by atoms with Gasteiger partial charge >= 0.3 is 0 Å². The zero-order valence-electron chi connectivity index (χ0n) is 13.8. The summed E-state index contributed by atoms with van der Waals surface area (Å²) >= 11 is 0. The summed E-state index contributed by atoms with van der Waals surface area (Å²) in [5.41, 5.74) is 3.87. The number of hydrogen-bond acceptors (Lipinski definition) is 4. The summed E-state index contributed by atoms with van der Waals surface area (Å²) in [5, 5.41) is 6.27. The minimum Gasteiger partial charge on any atom is -0.348 e. The van der Waals surface area contributed by atoms with E-state index in [9.17, 15) is 4.79 Å². The second-order valence-corrected chi connectivity index (χ2v) is 6.23. The van der Waals surface area contributed by atoms with Gasteiger partial charge in [0, 0.05) is 23.0 Å². The van der Waals surface area contributed by atoms with Crippen molar-refractivity contribution in [3.63, 3.8) is 0 Å². The number of rotatable bonds is 5. The maximum Gasteiger partial charge on any atom is 0.227 e. The van der Waals surface area contributed by atoms with Crippen LogP contribution < -0.4 is 10.6 Å². The molecule has 0 aliphatic heterocycles. The average Bonchev–Trinajstić information content (AvgIpc) is 3.31. The lowest BCUT2D eigenvalue weighted by Gasteiger charge is -2.15. The quantitative estimate of drug-likeness (QED) is 0.885. The highest BCUT2D eigenvalue weighted by atomic mass is 16.2. The molecule has 1 aliphatic carbocycles. The van der Waals surface area contributed by atoms with Crippen LogP contribution in [0.3, 0.4) is 0 Å². The Kier molecular flexibility index (Phi) is 4.28. The Morgan fingerprint density at radius 1 is 1.13 bits per heavy atom. The predicted octanol–water partition coefficient (Wildman–Crippen LogP) is 3.62. The summed E-state index contributed by atoms with van der Waals surface area (Å²) in [7, 11) is 0. The first-order valence-electron chi connectivity index (χ1n) is 8.01. The predicted molar refractivity (Wildman–Crippen MR) is 91.3 cm³/mol. The van der Waals surface area contributed by atoms with Gasteiger partial charge in [-0.05, 0) is 57.4 Å². The molecule has 1 amide bonds. The lowest BCUT2D eigenvalue weighted by molar-refractivity contribution is -0.117. The van der Waals surface area contributed by atoms with E-state index < -0.39 is 0 Å². The van der Waals surface area contributed by atoms with Crippen LogP contribution in [0.25, 0.3) is 0 Å². The SMILES string of the molecule is Cc1cc(C)nc(NC(C)c2ccc(NC(=O)C3CC3)cc2)n1. The van der Waals surface area contributed by atoms with Crippen molar-refractivity contribution < 1.29 is 4.79 Å². The molecule has 1 aromatic carbocycles. The first-order valence-corrected chi connectivity index (χ1v) is 8.01. The summed E-state index contributed by atoms with van der Waals surface area (Å²) in [4.78, 5) is 20.6. The Hall–Kier alpha value is -2.43. The van der Waals surface area contributed by atoms with Crippen molar-refractivity contribution in [1.29, 1.82) is 0 Å². The Balaban J connectivity index is 1.64. The van der Waals surface area contributed by atoms with Gasteiger partial charge in [-0.15, -0.1) is 0 Å². The van der Waals surface area contributed by atoms with Gasteiger partial charge in [-0.2, -0.15) is 0 Å². The molecule has 1 saturated carbocycles. The number of hydrogen-bond donors (Lipinski definition) is 2. The fourth-order valence-electron chi connectivity index (χ4n) is 2.51. The molecule has 1 unspecified atom stereocenters. The minimum absolute atomic E-state index is 0.0874. The lowest BCUT2D eigenvalue weighted by atomic mass is 10.1. The van der Waals surface area contributed by atoms with Gasteiger partial charge in [-0.25, -0.2) is 9.97 Å². The molecule has 2 aromatic rings. The van der Waals surface area contributed by atoms with Gasteiger partial charge in [-0.1, -0.05) is 12.1 Å². The van der Waals surface area contributed by atoms with Crippen molar-refractivity contribution in [1.82, 2.24) is 9.97 Å². The van der Waals surface area contributed by atoms with E-state index in [1.807, 2.05) is 44.2 Å². The van der Waals surface area contributed by atoms with Crippen molar-refractivity contribution in [2.24, 2.45) is 5.92 Å². The normalized spacial score (nSPS) is 15.1. The van der Waals surface area contributed by atoms with Crippen molar-refractivity contribution >= 4 is 17.5 Å². The van der Waals surface area contributed by atoms with Crippen LogP contribution in [-0.2, 0) is 4.79 Å². The summed E-state index contributed by atoms with van der Waals surface area (Å²) in [6, 6.07) is 9.95. The van der Waals surface area contributed by atoms with Crippen molar-refractivity contribution in [3.8, 4) is 0 Å². The second-order valence-electron chi connectivity index (χ2n) is 6.23. The molecule has 2 N–H and O–H groups in total. The Labute approximate surface area is 136 Å². The van der Waals surface area contributed by atoms with Gasteiger partial charge < -0.3 is 10.6 Å². The van der Waals surface area contributed by atoms with E-state index in [2.05, 4.69) is 27.5 Å². The van der Waals surface area contributed by atoms with Crippen molar-refractivity contribution in [2.75, 3.05) is 10.6 Å². The first-order chi connectivity index (χ1) is 11.0. The van der Waals surface area contributed by atoms with E-state index in [0.717, 1.165) is 35.5 Å². The van der Waals surface area contributed by atoms with Crippen LogP contribution >= 0.6 is 0 Å². The third-order valence-corrected chi connectivity index (χ3v) is 3.95. The third-order valence-electron chi connectivity index (χ3n) is 3.95. The van der Waals surface area contributed by atoms with Crippen LogP contribution in [0.2, 0.25) is 0 Å². The van der Waals surface area contributed by atoms with E-state index in [1.54, 1.807) is 0 Å². The monoisotopic (exact) mass is 310 g/mol. The van der Waals surface area contributed by atoms with Gasteiger partial charge in [0.05, 0.1) is 6.04 Å². The summed E-state index contributed by atoms with van der Waals surface area (Å²) in [6.45, 7) is 5.99. The van der Waals surface area contributed by atoms with Crippen LogP contribution in [0.5, 0.6) is 0 Å². The van der Waals surface area contributed by atoms with Gasteiger partial charge in [0.15, 0.2) is 0 Å². The molecule has 1 heterocycles. The van der Waals surface area contributed by atoms with Crippen LogP contribution in [0.4, 0.5) is 11.6 Å². The number of carbonyl (C=O) groups excluding carboxylic acids is 1. The van der Waals surface area contributed by atoms with E-state index in [4.69, 9.17) is 0 Å². The smallest absolute Gasteiger partial charge is 0.227 e. The molecule has 0 radical (unpaired) electrons. The molecule has 5 heteroatoms. The molecule has 1 atom stereocenters.